The fourth-order valence-electron chi connectivity index (χ4n) is 3.12. The summed E-state index contributed by atoms with van der Waals surface area (Å²) in [6, 6.07) is 6.68. The molecule has 0 heterocycles. The van der Waals surface area contributed by atoms with Gasteiger partial charge in [0.15, 0.2) is 0 Å². The summed E-state index contributed by atoms with van der Waals surface area (Å²) < 4.78 is 1.07. The smallest absolute Gasteiger partial charge is 0.0420 e. The predicted molar refractivity (Wildman–Crippen MR) is 86.8 cm³/mol. The van der Waals surface area contributed by atoms with Gasteiger partial charge in [0.05, 0.1) is 0 Å². The normalized spacial score (nSPS) is 18.5. The largest absolute Gasteiger partial charge is 0.310 e. The molecule has 0 saturated heterocycles. The zero-order valence-corrected chi connectivity index (χ0v) is 13.9. The van der Waals surface area contributed by atoms with E-state index in [1.54, 1.807) is 0 Å². The van der Waals surface area contributed by atoms with Gasteiger partial charge >= 0.3 is 0 Å². The third-order valence-corrected chi connectivity index (χ3v) is 4.71. The molecule has 1 fully saturated rings. The molecule has 0 amide bonds. The third-order valence-electron chi connectivity index (χ3n) is 4.03. The van der Waals surface area contributed by atoms with Crippen LogP contribution in [0.25, 0.3) is 0 Å². The predicted octanol–water partition coefficient (Wildman–Crippen LogP) is 5.72. The van der Waals surface area contributed by atoms with E-state index in [0.29, 0.717) is 6.04 Å². The minimum atomic E-state index is 0.433. The molecule has 1 unspecified atom stereocenters. The summed E-state index contributed by atoms with van der Waals surface area (Å²) in [6.07, 6.45) is 8.25. The van der Waals surface area contributed by atoms with E-state index in [4.69, 9.17) is 11.6 Å². The maximum absolute atomic E-state index is 6.18. The molecule has 1 N–H and O–H groups in total. The van der Waals surface area contributed by atoms with Gasteiger partial charge in [-0.25, -0.2) is 0 Å². The molecule has 1 aromatic carbocycles. The molecule has 1 nitrogen and oxygen atoms in total. The summed E-state index contributed by atoms with van der Waals surface area (Å²) >= 11 is 9.72. The highest BCUT2D eigenvalue weighted by Crippen LogP contribution is 2.33. The van der Waals surface area contributed by atoms with Crippen molar-refractivity contribution in [2.24, 2.45) is 5.92 Å². The van der Waals surface area contributed by atoms with E-state index in [1.165, 1.54) is 44.1 Å². The molecular formula is C16H23BrClN. The Labute approximate surface area is 130 Å². The Bertz CT molecular complexity index is 381. The van der Waals surface area contributed by atoms with E-state index in [0.717, 1.165) is 22.0 Å². The molecule has 0 aromatic heterocycles. The van der Waals surface area contributed by atoms with Gasteiger partial charge in [0.2, 0.25) is 0 Å². The van der Waals surface area contributed by atoms with Crippen molar-refractivity contribution < 1.29 is 0 Å². The van der Waals surface area contributed by atoms with Crippen LogP contribution in [-0.4, -0.2) is 6.54 Å². The highest BCUT2D eigenvalue weighted by molar-refractivity contribution is 9.10. The first-order valence-corrected chi connectivity index (χ1v) is 8.55. The summed E-state index contributed by atoms with van der Waals surface area (Å²) in [5.41, 5.74) is 1.31. The number of halogens is 2. The van der Waals surface area contributed by atoms with Gasteiger partial charge in [-0.05, 0) is 42.6 Å². The van der Waals surface area contributed by atoms with Crippen LogP contribution in [0.15, 0.2) is 22.7 Å². The second-order valence-corrected chi connectivity index (χ2v) is 6.90. The van der Waals surface area contributed by atoms with Crippen molar-refractivity contribution >= 4 is 27.5 Å². The minimum Gasteiger partial charge on any atom is -0.310 e. The molecule has 1 atom stereocenters. The lowest BCUT2D eigenvalue weighted by molar-refractivity contribution is 0.301. The summed E-state index contributed by atoms with van der Waals surface area (Å²) in [5, 5.41) is 4.44. The lowest BCUT2D eigenvalue weighted by atomic mass is 9.83. The maximum Gasteiger partial charge on any atom is 0.0420 e. The number of nitrogens with one attached hydrogen (secondary N) is 1. The summed E-state index contributed by atoms with van der Waals surface area (Å²) in [5.74, 6) is 0.871. The summed E-state index contributed by atoms with van der Waals surface area (Å²) in [4.78, 5) is 0. The zero-order chi connectivity index (χ0) is 13.7. The Morgan fingerprint density at radius 1 is 1.26 bits per heavy atom. The number of benzene rings is 1. The molecule has 3 heteroatoms. The molecule has 0 aliphatic heterocycles. The van der Waals surface area contributed by atoms with Crippen LogP contribution in [0.2, 0.25) is 5.02 Å². The second-order valence-electron chi connectivity index (χ2n) is 5.55. The molecule has 0 radical (unpaired) electrons. The fourth-order valence-corrected chi connectivity index (χ4v) is 4.00. The highest BCUT2D eigenvalue weighted by Gasteiger charge is 2.20. The van der Waals surface area contributed by atoms with Crippen LogP contribution in [0, 0.1) is 5.92 Å². The van der Waals surface area contributed by atoms with Gasteiger partial charge in [0.1, 0.15) is 0 Å². The monoisotopic (exact) mass is 343 g/mol. The van der Waals surface area contributed by atoms with Crippen molar-refractivity contribution in [3.63, 3.8) is 0 Å². The molecule has 1 aliphatic carbocycles. The van der Waals surface area contributed by atoms with Crippen LogP contribution in [0.1, 0.15) is 57.1 Å². The van der Waals surface area contributed by atoms with E-state index in [-0.39, 0.29) is 0 Å². The number of hydrogen-bond acceptors (Lipinski definition) is 1. The zero-order valence-electron chi connectivity index (χ0n) is 11.6. The van der Waals surface area contributed by atoms with Gasteiger partial charge in [0.25, 0.3) is 0 Å². The van der Waals surface area contributed by atoms with Crippen molar-refractivity contribution in [3.05, 3.63) is 33.3 Å². The first-order valence-electron chi connectivity index (χ1n) is 7.38. The Kier molecular flexibility index (Phi) is 6.18. The molecule has 0 spiro atoms. The Balaban J connectivity index is 2.09. The molecule has 0 bridgehead atoms. The van der Waals surface area contributed by atoms with Crippen LogP contribution in [0.4, 0.5) is 0 Å². The Morgan fingerprint density at radius 2 is 2.00 bits per heavy atom. The van der Waals surface area contributed by atoms with Gasteiger partial charge < -0.3 is 5.32 Å². The maximum atomic E-state index is 6.18. The summed E-state index contributed by atoms with van der Waals surface area (Å²) in [7, 11) is 0. The fraction of sp³-hybridized carbons (Fsp3) is 0.625. The topological polar surface area (TPSA) is 12.0 Å². The molecule has 1 aromatic rings. The van der Waals surface area contributed by atoms with Gasteiger partial charge in [0, 0.05) is 15.5 Å². The number of hydrogen-bond donors (Lipinski definition) is 1. The minimum absolute atomic E-state index is 0.433. The molecule has 106 valence electrons. The van der Waals surface area contributed by atoms with Gasteiger partial charge in [-0.15, -0.1) is 0 Å². The van der Waals surface area contributed by atoms with Crippen molar-refractivity contribution in [2.75, 3.05) is 6.54 Å². The van der Waals surface area contributed by atoms with Crippen LogP contribution in [0.5, 0.6) is 0 Å². The van der Waals surface area contributed by atoms with Gasteiger partial charge in [-0.1, -0.05) is 66.6 Å². The standard InChI is InChI=1S/C16H23BrClN/c1-2-19-16(8-12-6-4-3-5-7-12)13-9-14(17)11-15(18)10-13/h9-12,16,19H,2-8H2,1H3. The molecule has 19 heavy (non-hydrogen) atoms. The van der Waals surface area contributed by atoms with Crippen LogP contribution in [-0.2, 0) is 0 Å². The van der Waals surface area contributed by atoms with E-state index in [9.17, 15) is 0 Å². The van der Waals surface area contributed by atoms with Crippen LogP contribution < -0.4 is 5.32 Å². The van der Waals surface area contributed by atoms with Crippen molar-refractivity contribution in [1.29, 1.82) is 0 Å². The first kappa shape index (κ1) is 15.3. The molecule has 1 saturated carbocycles. The highest BCUT2D eigenvalue weighted by atomic mass is 79.9. The lowest BCUT2D eigenvalue weighted by Gasteiger charge is -2.27. The lowest BCUT2D eigenvalue weighted by Crippen LogP contribution is -2.24. The van der Waals surface area contributed by atoms with Crippen LogP contribution >= 0.6 is 27.5 Å². The van der Waals surface area contributed by atoms with Crippen LogP contribution in [0.3, 0.4) is 0 Å². The van der Waals surface area contributed by atoms with Crippen molar-refractivity contribution in [1.82, 2.24) is 5.32 Å². The van der Waals surface area contributed by atoms with Crippen molar-refractivity contribution in [3.8, 4) is 0 Å². The molecule has 1 aliphatic rings. The van der Waals surface area contributed by atoms with E-state index in [2.05, 4.69) is 40.3 Å². The van der Waals surface area contributed by atoms with Crippen molar-refractivity contribution in [2.45, 2.75) is 51.5 Å². The Hall–Kier alpha value is -0.0500. The van der Waals surface area contributed by atoms with E-state index in [1.807, 2.05) is 6.07 Å². The average molecular weight is 345 g/mol. The number of rotatable bonds is 5. The van der Waals surface area contributed by atoms with Gasteiger partial charge in [-0.2, -0.15) is 0 Å². The molecular weight excluding hydrogens is 322 g/mol. The van der Waals surface area contributed by atoms with E-state index >= 15 is 0 Å². The molecule has 2 rings (SSSR count). The van der Waals surface area contributed by atoms with Gasteiger partial charge in [-0.3, -0.25) is 0 Å². The summed E-state index contributed by atoms with van der Waals surface area (Å²) in [6.45, 7) is 3.18. The third kappa shape index (κ3) is 4.77. The first-order chi connectivity index (χ1) is 9.19. The second kappa shape index (κ2) is 7.66. The van der Waals surface area contributed by atoms with E-state index < -0.39 is 0 Å². The quantitative estimate of drug-likeness (QED) is 0.720. The average Bonchev–Trinajstić information content (AvgIpc) is 2.38. The SMILES string of the molecule is CCNC(CC1CCCCC1)c1cc(Cl)cc(Br)c1. The Morgan fingerprint density at radius 3 is 2.63 bits per heavy atom.